The Labute approximate surface area is 439 Å². The highest BCUT2D eigenvalue weighted by Crippen LogP contribution is 2.25. The standard InChI is InChI=1S/C64H129NO5/c1-5-9-13-17-21-25-27-31-35-43-53-61(51-41-33-29-23-19-15-11-7-3)63(67)69-59-49-39-37-45-55-65(57-47-48-58-66)56-46-38-40-50-60-70-64(68)62(52-42-34-30-24-20-16-12-8-4)54-44-36-32-28-26-22-18-14-10-6-2/h61-63,66-67H,5-60H2,1-4H3. The average molecular weight is 993 g/mol. The van der Waals surface area contributed by atoms with Crippen LogP contribution in [0.5, 0.6) is 0 Å². The number of ether oxygens (including phenoxy) is 2. The summed E-state index contributed by atoms with van der Waals surface area (Å²) in [5.41, 5.74) is 0. The highest BCUT2D eigenvalue weighted by molar-refractivity contribution is 5.72. The molecule has 3 atom stereocenters. The van der Waals surface area contributed by atoms with E-state index in [4.69, 9.17) is 9.47 Å². The van der Waals surface area contributed by atoms with Gasteiger partial charge in [-0.3, -0.25) is 4.79 Å². The van der Waals surface area contributed by atoms with Crippen molar-refractivity contribution in [2.45, 2.75) is 355 Å². The van der Waals surface area contributed by atoms with Crippen molar-refractivity contribution in [3.8, 4) is 0 Å². The van der Waals surface area contributed by atoms with Crippen LogP contribution in [-0.4, -0.2) is 66.8 Å². The van der Waals surface area contributed by atoms with Gasteiger partial charge >= 0.3 is 5.97 Å². The van der Waals surface area contributed by atoms with E-state index in [1.165, 1.54) is 250 Å². The van der Waals surface area contributed by atoms with Crippen molar-refractivity contribution in [3.63, 3.8) is 0 Å². The molecule has 0 aromatic rings. The monoisotopic (exact) mass is 992 g/mol. The summed E-state index contributed by atoms with van der Waals surface area (Å²) >= 11 is 0. The number of carbonyl (C=O) groups excluding carboxylic acids is 1. The molecular weight excluding hydrogens is 863 g/mol. The summed E-state index contributed by atoms with van der Waals surface area (Å²) in [4.78, 5) is 15.9. The molecule has 0 aromatic heterocycles. The molecular formula is C64H129NO5. The van der Waals surface area contributed by atoms with Crippen molar-refractivity contribution in [1.82, 2.24) is 4.90 Å². The summed E-state index contributed by atoms with van der Waals surface area (Å²) in [5.74, 6) is 0.448. The van der Waals surface area contributed by atoms with Gasteiger partial charge in [-0.05, 0) is 83.8 Å². The van der Waals surface area contributed by atoms with Crippen LogP contribution in [0.2, 0.25) is 0 Å². The normalized spacial score (nSPS) is 13.1. The molecule has 0 aromatic carbocycles. The van der Waals surface area contributed by atoms with Crippen molar-refractivity contribution in [2.75, 3.05) is 39.5 Å². The third kappa shape index (κ3) is 50.8. The third-order valence-electron chi connectivity index (χ3n) is 15.6. The first kappa shape index (κ1) is 69.3. The zero-order valence-electron chi connectivity index (χ0n) is 48.4. The highest BCUT2D eigenvalue weighted by atomic mass is 16.6. The molecule has 0 bridgehead atoms. The maximum Gasteiger partial charge on any atom is 0.308 e. The fourth-order valence-corrected chi connectivity index (χ4v) is 10.6. The van der Waals surface area contributed by atoms with Gasteiger partial charge in [0.15, 0.2) is 6.29 Å². The Morgan fingerprint density at radius 3 is 1.00 bits per heavy atom. The molecule has 420 valence electrons. The summed E-state index contributed by atoms with van der Waals surface area (Å²) < 4.78 is 12.1. The molecule has 0 aliphatic heterocycles. The molecule has 2 N–H and O–H groups in total. The first-order valence-electron chi connectivity index (χ1n) is 32.3. The van der Waals surface area contributed by atoms with Crippen LogP contribution in [0.15, 0.2) is 0 Å². The molecule has 0 fully saturated rings. The Bertz CT molecular complexity index is 979. The van der Waals surface area contributed by atoms with Crippen LogP contribution in [0.25, 0.3) is 0 Å². The van der Waals surface area contributed by atoms with Crippen LogP contribution in [-0.2, 0) is 14.3 Å². The van der Waals surface area contributed by atoms with Gasteiger partial charge in [0, 0.05) is 19.1 Å². The molecule has 0 radical (unpaired) electrons. The highest BCUT2D eigenvalue weighted by Gasteiger charge is 2.21. The molecule has 0 rings (SSSR count). The fourth-order valence-electron chi connectivity index (χ4n) is 10.6. The zero-order valence-corrected chi connectivity index (χ0v) is 48.4. The minimum atomic E-state index is -0.613. The van der Waals surface area contributed by atoms with E-state index in [1.807, 2.05) is 0 Å². The van der Waals surface area contributed by atoms with Crippen molar-refractivity contribution in [1.29, 1.82) is 0 Å². The summed E-state index contributed by atoms with van der Waals surface area (Å²) in [6.45, 7) is 14.0. The largest absolute Gasteiger partial charge is 0.465 e. The Balaban J connectivity index is 4.58. The lowest BCUT2D eigenvalue weighted by Crippen LogP contribution is -2.27. The SMILES string of the molecule is CCCCCCCCCCCCC(CCCCCCCCCC)C(=O)OCCCCCCN(CCCCO)CCCCCCOC(O)C(CCCCCCCCCC)CCCCCCCCCCCC. The summed E-state index contributed by atoms with van der Waals surface area (Å²) in [5, 5.41) is 20.7. The van der Waals surface area contributed by atoms with Gasteiger partial charge in [0.1, 0.15) is 0 Å². The van der Waals surface area contributed by atoms with Crippen molar-refractivity contribution in [2.24, 2.45) is 11.8 Å². The predicted molar refractivity (Wildman–Crippen MR) is 307 cm³/mol. The number of unbranched alkanes of at least 4 members (excludes halogenated alkanes) is 39. The lowest BCUT2D eigenvalue weighted by molar-refractivity contribution is -0.149. The Kier molecular flexibility index (Phi) is 58.6. The molecule has 0 saturated carbocycles. The van der Waals surface area contributed by atoms with Crippen LogP contribution in [0.3, 0.4) is 0 Å². The zero-order chi connectivity index (χ0) is 50.9. The number of aliphatic hydroxyl groups excluding tert-OH is 2. The van der Waals surface area contributed by atoms with E-state index in [2.05, 4.69) is 32.6 Å². The average Bonchev–Trinajstić information content (AvgIpc) is 3.36. The van der Waals surface area contributed by atoms with E-state index in [0.29, 0.717) is 13.2 Å². The van der Waals surface area contributed by atoms with Crippen LogP contribution in [0.1, 0.15) is 349 Å². The Morgan fingerprint density at radius 1 is 0.357 bits per heavy atom. The maximum atomic E-state index is 13.3. The lowest BCUT2D eigenvalue weighted by Gasteiger charge is -2.24. The topological polar surface area (TPSA) is 79.2 Å². The van der Waals surface area contributed by atoms with E-state index in [-0.39, 0.29) is 24.4 Å². The van der Waals surface area contributed by atoms with Gasteiger partial charge < -0.3 is 24.6 Å². The smallest absolute Gasteiger partial charge is 0.308 e. The van der Waals surface area contributed by atoms with E-state index < -0.39 is 6.29 Å². The van der Waals surface area contributed by atoms with Crippen LogP contribution < -0.4 is 0 Å². The molecule has 0 spiro atoms. The van der Waals surface area contributed by atoms with Crippen LogP contribution in [0, 0.1) is 11.8 Å². The Hall–Kier alpha value is -0.690. The van der Waals surface area contributed by atoms with Gasteiger partial charge in [-0.25, -0.2) is 0 Å². The summed E-state index contributed by atoms with van der Waals surface area (Å²) in [6.07, 6.45) is 62.5. The summed E-state index contributed by atoms with van der Waals surface area (Å²) in [6, 6.07) is 0. The molecule has 6 nitrogen and oxygen atoms in total. The number of rotatable bonds is 61. The first-order valence-corrected chi connectivity index (χ1v) is 32.3. The number of nitrogens with zero attached hydrogens (tertiary/aromatic N) is 1. The lowest BCUT2D eigenvalue weighted by atomic mass is 9.93. The van der Waals surface area contributed by atoms with Gasteiger partial charge in [0.25, 0.3) is 0 Å². The van der Waals surface area contributed by atoms with Gasteiger partial charge in [0.05, 0.1) is 12.5 Å². The number of hydrogen-bond acceptors (Lipinski definition) is 6. The van der Waals surface area contributed by atoms with E-state index in [1.54, 1.807) is 0 Å². The Morgan fingerprint density at radius 2 is 0.643 bits per heavy atom. The van der Waals surface area contributed by atoms with Gasteiger partial charge in [-0.15, -0.1) is 0 Å². The number of hydrogen-bond donors (Lipinski definition) is 2. The molecule has 0 aliphatic carbocycles. The minimum Gasteiger partial charge on any atom is -0.465 e. The molecule has 70 heavy (non-hydrogen) atoms. The molecule has 3 unspecified atom stereocenters. The minimum absolute atomic E-state index is 0.0783. The quantitative estimate of drug-likeness (QED) is 0.0359. The second-order valence-electron chi connectivity index (χ2n) is 22.5. The second-order valence-corrected chi connectivity index (χ2v) is 22.5. The number of carbonyl (C=O) groups is 1. The maximum absolute atomic E-state index is 13.3. The molecule has 0 saturated heterocycles. The molecule has 0 amide bonds. The van der Waals surface area contributed by atoms with E-state index in [0.717, 1.165) is 90.3 Å². The van der Waals surface area contributed by atoms with Gasteiger partial charge in [-0.2, -0.15) is 0 Å². The number of esters is 1. The molecule has 0 aliphatic rings. The van der Waals surface area contributed by atoms with E-state index in [9.17, 15) is 15.0 Å². The summed E-state index contributed by atoms with van der Waals surface area (Å²) in [7, 11) is 0. The van der Waals surface area contributed by atoms with Gasteiger partial charge in [0.2, 0.25) is 0 Å². The second kappa shape index (κ2) is 59.2. The van der Waals surface area contributed by atoms with Crippen LogP contribution >= 0.6 is 0 Å². The van der Waals surface area contributed by atoms with Crippen molar-refractivity contribution < 1.29 is 24.5 Å². The van der Waals surface area contributed by atoms with E-state index >= 15 is 0 Å². The van der Waals surface area contributed by atoms with Crippen molar-refractivity contribution >= 4 is 5.97 Å². The van der Waals surface area contributed by atoms with Gasteiger partial charge in [-0.1, -0.05) is 285 Å². The number of aliphatic hydroxyl groups is 2. The first-order chi connectivity index (χ1) is 34.5. The molecule has 0 heterocycles. The van der Waals surface area contributed by atoms with Crippen LogP contribution in [0.4, 0.5) is 0 Å². The van der Waals surface area contributed by atoms with Crippen molar-refractivity contribution in [3.05, 3.63) is 0 Å². The predicted octanol–water partition coefficient (Wildman–Crippen LogP) is 20.0. The fraction of sp³-hybridized carbons (Fsp3) is 0.984. The molecule has 6 heteroatoms. The third-order valence-corrected chi connectivity index (χ3v) is 15.6.